The molecule has 0 saturated carbocycles. The van der Waals surface area contributed by atoms with E-state index in [0.717, 1.165) is 6.21 Å². The summed E-state index contributed by atoms with van der Waals surface area (Å²) >= 11 is 0. The number of carbonyl (C=O) groups is 2. The van der Waals surface area contributed by atoms with Gasteiger partial charge >= 0.3 is 0 Å². The molecule has 1 aliphatic heterocycles. The van der Waals surface area contributed by atoms with Crippen LogP contribution in [0.2, 0.25) is 0 Å². The SMILES string of the molecule is O=C1C=NC(=O)/C=c2/ccccc2=Nc2ncnc3ccc(cc23)OCC=N1. The maximum atomic E-state index is 12.1. The Bertz CT molecular complexity index is 1260. The number of aromatic nitrogens is 2. The topological polar surface area (TPSA) is 106 Å². The van der Waals surface area contributed by atoms with Gasteiger partial charge in [0, 0.05) is 22.9 Å². The molecule has 0 unspecified atom stereocenters. The van der Waals surface area contributed by atoms with Crippen LogP contribution in [0.1, 0.15) is 0 Å². The fraction of sp³-hybridized carbons (Fsp3) is 0.0500. The molecule has 0 radical (unpaired) electrons. The second kappa shape index (κ2) is 7.67. The van der Waals surface area contributed by atoms with Gasteiger partial charge in [0.05, 0.1) is 17.1 Å². The molecule has 8 nitrogen and oxygen atoms in total. The molecule has 0 atom stereocenters. The Labute approximate surface area is 158 Å². The number of nitrogens with zero attached hydrogens (tertiary/aromatic N) is 5. The molecular weight excluding hydrogens is 358 g/mol. The number of carbonyl (C=O) groups excluding carboxylic acids is 2. The van der Waals surface area contributed by atoms with Gasteiger partial charge in [0.25, 0.3) is 11.8 Å². The standard InChI is InChI=1S/C20H13N5O3/c26-18-9-13-3-1-2-4-16(13)25-20-15-10-14(5-6-17(15)23-12-24-20)28-8-7-21-19(27)11-22-18/h1-7,9-12H,8H2/b13-9-,21-7?,22-11?,25-16?. The number of aliphatic imine (C=N–C) groups is 2. The number of para-hydroxylation sites is 1. The molecule has 0 fully saturated rings. The third-order valence-corrected chi connectivity index (χ3v) is 3.87. The minimum Gasteiger partial charge on any atom is -0.488 e. The Morgan fingerprint density at radius 2 is 1.82 bits per heavy atom. The van der Waals surface area contributed by atoms with E-state index in [9.17, 15) is 9.59 Å². The Hall–Kier alpha value is -4.07. The third kappa shape index (κ3) is 3.85. The van der Waals surface area contributed by atoms with Crippen molar-refractivity contribution in [3.63, 3.8) is 0 Å². The van der Waals surface area contributed by atoms with Gasteiger partial charge in [-0.2, -0.15) is 0 Å². The Morgan fingerprint density at radius 3 is 2.75 bits per heavy atom. The average molecular weight is 371 g/mol. The van der Waals surface area contributed by atoms with Gasteiger partial charge in [0.2, 0.25) is 0 Å². The first-order chi connectivity index (χ1) is 13.7. The largest absolute Gasteiger partial charge is 0.488 e. The number of hydrogen-bond acceptors (Lipinski definition) is 6. The number of amides is 2. The van der Waals surface area contributed by atoms with Crippen LogP contribution in [0.3, 0.4) is 0 Å². The molecule has 2 amide bonds. The molecule has 8 heteroatoms. The van der Waals surface area contributed by atoms with Crippen LogP contribution in [0.4, 0.5) is 5.82 Å². The summed E-state index contributed by atoms with van der Waals surface area (Å²) in [6, 6.07) is 12.4. The number of rotatable bonds is 0. The summed E-state index contributed by atoms with van der Waals surface area (Å²) < 4.78 is 5.59. The van der Waals surface area contributed by atoms with Crippen LogP contribution >= 0.6 is 0 Å². The van der Waals surface area contributed by atoms with Crippen LogP contribution in [0.5, 0.6) is 5.75 Å². The first-order valence-electron chi connectivity index (χ1n) is 8.37. The predicted octanol–water partition coefficient (Wildman–Crippen LogP) is 0.949. The number of fused-ring (bicyclic) bond motifs is 2. The zero-order valence-electron chi connectivity index (χ0n) is 14.5. The minimum absolute atomic E-state index is 0.0775. The molecule has 3 aromatic rings. The molecule has 0 saturated heterocycles. The smallest absolute Gasteiger partial charge is 0.288 e. The van der Waals surface area contributed by atoms with E-state index in [2.05, 4.69) is 24.9 Å². The fourth-order valence-corrected chi connectivity index (χ4v) is 2.61. The van der Waals surface area contributed by atoms with Crippen molar-refractivity contribution in [1.82, 2.24) is 9.97 Å². The third-order valence-electron chi connectivity index (χ3n) is 3.87. The maximum absolute atomic E-state index is 12.1. The normalized spacial score (nSPS) is 15.5. The minimum atomic E-state index is -0.649. The van der Waals surface area contributed by atoms with E-state index in [1.807, 2.05) is 0 Å². The molecule has 136 valence electrons. The van der Waals surface area contributed by atoms with Crippen molar-refractivity contribution in [2.75, 3.05) is 6.61 Å². The van der Waals surface area contributed by atoms with Gasteiger partial charge in [-0.25, -0.2) is 24.9 Å². The zero-order valence-corrected chi connectivity index (χ0v) is 14.5. The van der Waals surface area contributed by atoms with E-state index in [4.69, 9.17) is 4.74 Å². The van der Waals surface area contributed by atoms with E-state index in [-0.39, 0.29) is 6.61 Å². The summed E-state index contributed by atoms with van der Waals surface area (Å²) in [6.45, 7) is 0.0775. The Kier molecular flexibility index (Phi) is 4.75. The molecule has 28 heavy (non-hydrogen) atoms. The molecule has 0 N–H and O–H groups in total. The molecule has 2 bridgehead atoms. The van der Waals surface area contributed by atoms with Crippen molar-refractivity contribution in [3.05, 3.63) is 59.4 Å². The molecule has 0 aliphatic carbocycles. The van der Waals surface area contributed by atoms with Crippen LogP contribution in [0.25, 0.3) is 17.0 Å². The van der Waals surface area contributed by atoms with Crippen LogP contribution in [-0.2, 0) is 9.59 Å². The van der Waals surface area contributed by atoms with Gasteiger partial charge in [-0.1, -0.05) is 18.2 Å². The van der Waals surface area contributed by atoms with Gasteiger partial charge in [0.15, 0.2) is 5.82 Å². The van der Waals surface area contributed by atoms with Crippen molar-refractivity contribution in [1.29, 1.82) is 0 Å². The van der Waals surface area contributed by atoms with Gasteiger partial charge in [0.1, 0.15) is 18.7 Å². The second-order valence-electron chi connectivity index (χ2n) is 5.75. The molecule has 1 aromatic heterocycles. The zero-order chi connectivity index (χ0) is 19.3. The highest BCUT2D eigenvalue weighted by Crippen LogP contribution is 2.25. The number of hydrogen-bond donors (Lipinski definition) is 0. The molecule has 4 rings (SSSR count). The van der Waals surface area contributed by atoms with Crippen LogP contribution < -0.4 is 15.3 Å². The number of benzene rings is 2. The lowest BCUT2D eigenvalue weighted by molar-refractivity contribution is -0.113. The highest BCUT2D eigenvalue weighted by molar-refractivity contribution is 6.31. The van der Waals surface area contributed by atoms with Gasteiger partial charge in [-0.3, -0.25) is 9.59 Å². The maximum Gasteiger partial charge on any atom is 0.288 e. The second-order valence-corrected chi connectivity index (χ2v) is 5.75. The average Bonchev–Trinajstić information content (AvgIpc) is 2.71. The molecule has 1 aliphatic rings. The summed E-state index contributed by atoms with van der Waals surface area (Å²) in [5, 5.41) is 1.78. The lowest BCUT2D eigenvalue weighted by atomic mass is 10.2. The van der Waals surface area contributed by atoms with Gasteiger partial charge in [-0.15, -0.1) is 0 Å². The van der Waals surface area contributed by atoms with Crippen LogP contribution in [-0.4, -0.2) is 40.8 Å². The van der Waals surface area contributed by atoms with Crippen molar-refractivity contribution >= 4 is 47.0 Å². The van der Waals surface area contributed by atoms with E-state index in [1.54, 1.807) is 42.5 Å². The summed E-state index contributed by atoms with van der Waals surface area (Å²) in [5.74, 6) is -0.231. The quantitative estimate of drug-likeness (QED) is 0.585. The Balaban J connectivity index is 1.97. The summed E-state index contributed by atoms with van der Waals surface area (Å²) in [6.07, 6.45) is 4.91. The van der Waals surface area contributed by atoms with Gasteiger partial charge < -0.3 is 4.74 Å². The molecule has 0 spiro atoms. The lowest BCUT2D eigenvalue weighted by Gasteiger charge is -2.05. The lowest BCUT2D eigenvalue weighted by Crippen LogP contribution is -2.25. The first kappa shape index (κ1) is 17.3. The highest BCUT2D eigenvalue weighted by atomic mass is 16.5. The summed E-state index contributed by atoms with van der Waals surface area (Å²) in [4.78, 5) is 44.1. The summed E-state index contributed by atoms with van der Waals surface area (Å²) in [5.41, 5.74) is 0.702. The van der Waals surface area contributed by atoms with E-state index < -0.39 is 11.8 Å². The summed E-state index contributed by atoms with van der Waals surface area (Å²) in [7, 11) is 0. The van der Waals surface area contributed by atoms with Crippen molar-refractivity contribution in [2.45, 2.75) is 0 Å². The van der Waals surface area contributed by atoms with Gasteiger partial charge in [-0.05, 0) is 24.3 Å². The van der Waals surface area contributed by atoms with Crippen LogP contribution in [0.15, 0.2) is 63.8 Å². The van der Waals surface area contributed by atoms with E-state index >= 15 is 0 Å². The predicted molar refractivity (Wildman–Crippen MR) is 103 cm³/mol. The van der Waals surface area contributed by atoms with Crippen molar-refractivity contribution in [2.24, 2.45) is 15.0 Å². The first-order valence-corrected chi connectivity index (χ1v) is 8.37. The Morgan fingerprint density at radius 1 is 0.929 bits per heavy atom. The molecule has 2 aromatic carbocycles. The van der Waals surface area contributed by atoms with Crippen molar-refractivity contribution in [3.8, 4) is 5.75 Å². The van der Waals surface area contributed by atoms with E-state index in [1.165, 1.54) is 18.6 Å². The molecular formula is C20H13N5O3. The molecule has 2 heterocycles. The highest BCUT2D eigenvalue weighted by Gasteiger charge is 2.05. The van der Waals surface area contributed by atoms with Crippen LogP contribution in [0, 0.1) is 0 Å². The number of ether oxygens (including phenoxy) is 1. The van der Waals surface area contributed by atoms with E-state index in [0.29, 0.717) is 33.0 Å². The monoisotopic (exact) mass is 371 g/mol. The fourth-order valence-electron chi connectivity index (χ4n) is 2.61. The van der Waals surface area contributed by atoms with Crippen molar-refractivity contribution < 1.29 is 14.3 Å².